The Morgan fingerprint density at radius 3 is 2.91 bits per heavy atom. The van der Waals surface area contributed by atoms with Gasteiger partial charge in [0.1, 0.15) is 0 Å². The Hall–Kier alpha value is -0.220. The van der Waals surface area contributed by atoms with Crippen molar-refractivity contribution >= 4 is 0 Å². The minimum absolute atomic E-state index is 0.0694. The molecule has 0 saturated carbocycles. The molecule has 4 heteroatoms. The average molecular weight is 165 g/mol. The van der Waals surface area contributed by atoms with E-state index in [1.807, 2.05) is 0 Å². The van der Waals surface area contributed by atoms with E-state index in [9.17, 15) is 8.78 Å². The molecular weight excluding hydrogens is 152 g/mol. The van der Waals surface area contributed by atoms with Crippen LogP contribution in [0.2, 0.25) is 0 Å². The van der Waals surface area contributed by atoms with Crippen molar-refractivity contribution in [2.45, 2.75) is 25.4 Å². The Kier molecular flexibility index (Phi) is 3.20. The maximum atomic E-state index is 12.2. The lowest BCUT2D eigenvalue weighted by atomic mass is 10.2. The number of hydrogen-bond donors (Lipinski definition) is 0. The summed E-state index contributed by atoms with van der Waals surface area (Å²) >= 11 is 0. The van der Waals surface area contributed by atoms with Gasteiger partial charge in [-0.2, -0.15) is 8.78 Å². The first-order valence-electron chi connectivity index (χ1n) is 3.78. The molecule has 0 bridgehead atoms. The first kappa shape index (κ1) is 8.87. The van der Waals surface area contributed by atoms with Crippen LogP contribution >= 0.6 is 0 Å². The zero-order chi connectivity index (χ0) is 8.27. The quantitative estimate of drug-likeness (QED) is 0.585. The largest absolute Gasteiger partial charge is 0.383 e. The number of methoxy groups -OCH3 is 1. The molecule has 1 rings (SSSR count). The van der Waals surface area contributed by atoms with Crippen LogP contribution in [0.5, 0.6) is 0 Å². The summed E-state index contributed by atoms with van der Waals surface area (Å²) in [5, 5.41) is 0. The zero-order valence-electron chi connectivity index (χ0n) is 6.59. The highest BCUT2D eigenvalue weighted by molar-refractivity contribution is 4.77. The third-order valence-electron chi connectivity index (χ3n) is 2.03. The summed E-state index contributed by atoms with van der Waals surface area (Å²) in [5.41, 5.74) is 0. The van der Waals surface area contributed by atoms with Gasteiger partial charge < -0.3 is 4.74 Å². The van der Waals surface area contributed by atoms with Gasteiger partial charge in [0.05, 0.1) is 6.61 Å². The topological polar surface area (TPSA) is 12.5 Å². The van der Waals surface area contributed by atoms with E-state index in [0.717, 1.165) is 12.8 Å². The normalized spacial score (nSPS) is 26.7. The summed E-state index contributed by atoms with van der Waals surface area (Å²) in [5.74, 6) is 0. The molecule has 2 nitrogen and oxygen atoms in total. The monoisotopic (exact) mass is 165 g/mol. The van der Waals surface area contributed by atoms with E-state index in [1.165, 1.54) is 4.90 Å². The van der Waals surface area contributed by atoms with E-state index in [1.54, 1.807) is 7.11 Å². The third-order valence-corrected chi connectivity index (χ3v) is 2.03. The molecule has 0 aromatic heterocycles. The smallest absolute Gasteiger partial charge is 0.295 e. The van der Waals surface area contributed by atoms with E-state index >= 15 is 0 Å². The molecule has 1 atom stereocenters. The summed E-state index contributed by atoms with van der Waals surface area (Å²) < 4.78 is 29.2. The zero-order valence-corrected chi connectivity index (χ0v) is 6.59. The first-order valence-corrected chi connectivity index (χ1v) is 3.78. The second-order valence-electron chi connectivity index (χ2n) is 2.77. The van der Waals surface area contributed by atoms with Gasteiger partial charge in [0, 0.05) is 19.7 Å². The molecule has 1 unspecified atom stereocenters. The van der Waals surface area contributed by atoms with Crippen LogP contribution in [0.4, 0.5) is 8.78 Å². The van der Waals surface area contributed by atoms with Gasteiger partial charge in [-0.15, -0.1) is 0 Å². The fourth-order valence-electron chi connectivity index (χ4n) is 1.49. The van der Waals surface area contributed by atoms with Crippen molar-refractivity contribution in [1.82, 2.24) is 4.90 Å². The molecule has 0 aliphatic carbocycles. The van der Waals surface area contributed by atoms with Crippen molar-refractivity contribution in [3.8, 4) is 0 Å². The van der Waals surface area contributed by atoms with Gasteiger partial charge in [0.25, 0.3) is 6.55 Å². The first-order chi connectivity index (χ1) is 5.25. The summed E-state index contributed by atoms with van der Waals surface area (Å²) in [7, 11) is 1.54. The van der Waals surface area contributed by atoms with E-state index in [2.05, 4.69) is 0 Å². The number of likely N-dealkylation sites (tertiary alicyclic amines) is 1. The van der Waals surface area contributed by atoms with Crippen LogP contribution in [0.25, 0.3) is 0 Å². The number of hydrogen-bond acceptors (Lipinski definition) is 2. The van der Waals surface area contributed by atoms with Crippen molar-refractivity contribution in [3.05, 3.63) is 0 Å². The molecule has 0 amide bonds. The van der Waals surface area contributed by atoms with Crippen LogP contribution in [-0.4, -0.2) is 37.8 Å². The average Bonchev–Trinajstić information content (AvgIpc) is 2.36. The Morgan fingerprint density at radius 2 is 2.36 bits per heavy atom. The van der Waals surface area contributed by atoms with E-state index in [4.69, 9.17) is 4.74 Å². The van der Waals surface area contributed by atoms with E-state index < -0.39 is 6.55 Å². The van der Waals surface area contributed by atoms with Gasteiger partial charge in [-0.1, -0.05) is 0 Å². The van der Waals surface area contributed by atoms with Gasteiger partial charge in [-0.25, -0.2) is 4.90 Å². The Morgan fingerprint density at radius 1 is 1.64 bits per heavy atom. The van der Waals surface area contributed by atoms with Crippen molar-refractivity contribution in [3.63, 3.8) is 0 Å². The minimum atomic E-state index is -2.32. The van der Waals surface area contributed by atoms with Crippen LogP contribution in [0.1, 0.15) is 12.8 Å². The molecular formula is C7H13F2NO. The fourth-order valence-corrected chi connectivity index (χ4v) is 1.49. The third kappa shape index (κ3) is 2.10. The number of rotatable bonds is 3. The van der Waals surface area contributed by atoms with Crippen LogP contribution in [0, 0.1) is 0 Å². The predicted octanol–water partition coefficient (Wildman–Crippen LogP) is 1.32. The van der Waals surface area contributed by atoms with Gasteiger partial charge in [-0.3, -0.25) is 0 Å². The molecule has 0 aromatic carbocycles. The number of nitrogens with zero attached hydrogens (tertiary/aromatic N) is 1. The van der Waals surface area contributed by atoms with Gasteiger partial charge >= 0.3 is 0 Å². The molecule has 0 aromatic rings. The summed E-state index contributed by atoms with van der Waals surface area (Å²) in [6, 6.07) is -0.0694. The molecule has 1 heterocycles. The van der Waals surface area contributed by atoms with Gasteiger partial charge in [-0.05, 0) is 12.8 Å². The fraction of sp³-hybridized carbons (Fsp3) is 1.00. The molecule has 1 aliphatic rings. The van der Waals surface area contributed by atoms with Crippen molar-refractivity contribution in [2.24, 2.45) is 0 Å². The van der Waals surface area contributed by atoms with Crippen molar-refractivity contribution in [2.75, 3.05) is 20.3 Å². The molecule has 11 heavy (non-hydrogen) atoms. The highest BCUT2D eigenvalue weighted by Gasteiger charge is 2.30. The van der Waals surface area contributed by atoms with E-state index in [-0.39, 0.29) is 6.04 Å². The molecule has 0 N–H and O–H groups in total. The maximum Gasteiger partial charge on any atom is 0.295 e. The predicted molar refractivity (Wildman–Crippen MR) is 37.6 cm³/mol. The second-order valence-corrected chi connectivity index (χ2v) is 2.77. The van der Waals surface area contributed by atoms with Crippen LogP contribution in [0.15, 0.2) is 0 Å². The molecule has 0 radical (unpaired) electrons. The minimum Gasteiger partial charge on any atom is -0.383 e. The lowest BCUT2D eigenvalue weighted by Gasteiger charge is -2.22. The Bertz CT molecular complexity index is 121. The van der Waals surface area contributed by atoms with Crippen molar-refractivity contribution < 1.29 is 13.5 Å². The maximum absolute atomic E-state index is 12.2. The molecule has 1 saturated heterocycles. The molecule has 66 valence electrons. The Labute approximate surface area is 65.1 Å². The molecule has 1 aliphatic heterocycles. The van der Waals surface area contributed by atoms with Crippen LogP contribution in [0.3, 0.4) is 0 Å². The summed E-state index contributed by atoms with van der Waals surface area (Å²) in [6.07, 6.45) is 1.69. The van der Waals surface area contributed by atoms with Gasteiger partial charge in [0.15, 0.2) is 0 Å². The Balaban J connectivity index is 2.37. The highest BCUT2D eigenvalue weighted by Crippen LogP contribution is 2.21. The molecule has 1 fully saturated rings. The lowest BCUT2D eigenvalue weighted by Crippen LogP contribution is -2.36. The second kappa shape index (κ2) is 3.97. The number of halogens is 2. The van der Waals surface area contributed by atoms with E-state index in [0.29, 0.717) is 13.2 Å². The number of ether oxygens (including phenoxy) is 1. The van der Waals surface area contributed by atoms with Crippen molar-refractivity contribution in [1.29, 1.82) is 0 Å². The van der Waals surface area contributed by atoms with Crippen LogP contribution in [-0.2, 0) is 4.74 Å². The standard InChI is InChI=1S/C7H13F2NO/c1-11-5-6-3-2-4-10(6)7(8)9/h6-7H,2-5H2,1H3. The van der Waals surface area contributed by atoms with Gasteiger partial charge in [0.2, 0.25) is 0 Å². The molecule has 0 spiro atoms. The SMILES string of the molecule is COCC1CCCN1C(F)F. The summed E-state index contributed by atoms with van der Waals surface area (Å²) in [6.45, 7) is -1.40. The van der Waals surface area contributed by atoms with Crippen LogP contribution < -0.4 is 0 Å². The summed E-state index contributed by atoms with van der Waals surface area (Å²) in [4.78, 5) is 1.20. The lowest BCUT2D eigenvalue weighted by molar-refractivity contribution is -0.0498. The number of alkyl halides is 2. The highest BCUT2D eigenvalue weighted by atomic mass is 19.3.